The molecule has 0 aromatic heterocycles. The van der Waals surface area contributed by atoms with E-state index in [4.69, 9.17) is 18.3 Å². The molecule has 0 aliphatic heterocycles. The van der Waals surface area contributed by atoms with E-state index < -0.39 is 66.8 Å². The van der Waals surface area contributed by atoms with E-state index in [9.17, 15) is 19.5 Å². The van der Waals surface area contributed by atoms with Crippen molar-refractivity contribution >= 4 is 174 Å². The molecule has 0 bridgehead atoms. The number of carbonyl (C=O) groups excluding carboxylic acids is 2. The fraction of sp³-hybridized carbons (Fsp3) is 0.320. The highest BCUT2D eigenvalue weighted by molar-refractivity contribution is 7.02. The Kier molecular flexibility index (Phi) is 29.6. The lowest BCUT2D eigenvalue weighted by molar-refractivity contribution is 0.0470. The van der Waals surface area contributed by atoms with Gasteiger partial charge in [0.1, 0.15) is 13.2 Å². The molecule has 0 amide bonds. The van der Waals surface area contributed by atoms with E-state index in [0.29, 0.717) is 35.4 Å². The highest BCUT2D eigenvalue weighted by Crippen LogP contribution is 2.46. The van der Waals surface area contributed by atoms with Crippen molar-refractivity contribution in [3.8, 4) is 45.9 Å². The number of hydrogen-bond acceptors (Lipinski definition) is 7. The van der Waals surface area contributed by atoms with E-state index in [-0.39, 0.29) is 62.1 Å². The van der Waals surface area contributed by atoms with Gasteiger partial charge in [-0.05, 0) is 277 Å². The van der Waals surface area contributed by atoms with Crippen molar-refractivity contribution in [1.29, 1.82) is 0 Å². The predicted molar refractivity (Wildman–Crippen MR) is 604 cm³/mol. The summed E-state index contributed by atoms with van der Waals surface area (Å²) in [5.41, 5.74) is 26.2. The molecule has 14 heteroatoms. The molecule has 15 aromatic rings. The first-order valence-corrected chi connectivity index (χ1v) is 64.4. The first kappa shape index (κ1) is 102. The topological polar surface area (TPSA) is 108 Å². The summed E-state index contributed by atoms with van der Waals surface area (Å²) in [7, 11) is -14.7. The number of hydrogen-bond donors (Lipinski definition) is 1. The summed E-state index contributed by atoms with van der Waals surface area (Å²) in [6.45, 7) is 61.4. The van der Waals surface area contributed by atoms with Gasteiger partial charge in [-0.15, -0.1) is 22.2 Å². The van der Waals surface area contributed by atoms with Crippen LogP contribution in [-0.2, 0) is 44.8 Å². The van der Waals surface area contributed by atoms with E-state index in [1.807, 2.05) is 24.3 Å². The molecule has 0 radical (unpaired) electrons. The van der Waals surface area contributed by atoms with Crippen molar-refractivity contribution in [1.82, 2.24) is 0 Å². The van der Waals surface area contributed by atoms with Crippen LogP contribution in [0.4, 0.5) is 0 Å². The van der Waals surface area contributed by atoms with Crippen LogP contribution in [0.1, 0.15) is 228 Å². The smallest absolute Gasteiger partial charge is 0.338 e. The number of aromatic carboxylic acids is 1. The van der Waals surface area contributed by atoms with Gasteiger partial charge in [0.25, 0.3) is 0 Å². The summed E-state index contributed by atoms with van der Waals surface area (Å²) in [5.74, 6) is 13.3. The molecule has 0 spiro atoms. The Morgan fingerprint density at radius 2 is 0.446 bits per heavy atom. The Balaban J connectivity index is 0.700. The normalized spacial score (nSPS) is 12.7. The number of carbonyl (C=O) groups is 3. The third kappa shape index (κ3) is 20.0. The van der Waals surface area contributed by atoms with E-state index in [2.05, 4.69) is 443 Å². The summed E-state index contributed by atoms with van der Waals surface area (Å²) in [6.07, 6.45) is 0. The van der Waals surface area contributed by atoms with Crippen LogP contribution >= 0.6 is 0 Å². The molecule has 1 N–H and O–H groups in total. The first-order chi connectivity index (χ1) is 65.8. The van der Waals surface area contributed by atoms with Gasteiger partial charge in [-0.2, -0.15) is 0 Å². The zero-order valence-corrected chi connectivity index (χ0v) is 92.6. The monoisotopic (exact) mass is 1930 g/mol. The zero-order valence-electron chi connectivity index (χ0n) is 86.6. The lowest BCUT2D eigenvalue weighted by atomic mass is 9.89. The van der Waals surface area contributed by atoms with Crippen LogP contribution in [0.3, 0.4) is 0 Å². The number of rotatable bonds is 25. The van der Waals surface area contributed by atoms with Crippen LogP contribution in [-0.4, -0.2) is 71.9 Å². The van der Waals surface area contributed by atoms with Gasteiger partial charge in [0.05, 0.1) is 29.9 Å². The number of fused-ring (bicyclic) bond motifs is 8. The second-order valence-corrected chi connectivity index (χ2v) is 73.5. The van der Waals surface area contributed by atoms with Crippen LogP contribution < -0.4 is 20.7 Å². The van der Waals surface area contributed by atoms with Crippen molar-refractivity contribution < 1.29 is 37.8 Å². The predicted octanol–water partition coefficient (Wildman–Crippen LogP) is 30.6. The number of ether oxygens (including phenoxy) is 2. The minimum absolute atomic E-state index is 0.0875. The molecule has 710 valence electrons. The standard InChI is InChI=1S/C125H138O8Si6/c1-82(2)136(83(3)4,63-59-109-113-70-94-35-27-31-39-98(94)74-117(113)111(118-75-99-40-32-28-36-95(99)71-114(109)118)61-65-138(86(9)10,87(11)12)107-55-47-92(48-56-107)80-132-134(23,24)124(17,18)19)105-51-43-90(44-52-105)78-130-122(128)103-67-102(121(126)127)68-104(69-103)123(129)131-79-91-45-53-106(54-46-91)137(84(5)6,85(7)8)64-60-110-115-72-96-37-29-33-41-100(96)76-119(115)112(120-77-101-42-34-30-38-97(101)73-116(110)120)62-66-139(88(13)14,89(15)16)108-57-49-93(50-58-108)81-133-135(25,26)125(20,21)22/h27-58,67-77,82-89H,78-81H2,1-26H3,(H,126,127). The summed E-state index contributed by atoms with van der Waals surface area (Å²) in [5, 5.41) is 33.4. The highest BCUT2D eigenvalue weighted by Gasteiger charge is 2.46. The second-order valence-electron chi connectivity index (χ2n) is 44.3. The SMILES string of the molecule is CC(C)[Si](C#Cc1c2cc3ccccc3cc2c(C#C[Si](c2ccc(CO[Si](C)(C)C(C)(C)C)cc2)(C(C)C)C(C)C)c2cc3ccccc3cc12)(c1ccc(COC(=O)c2cc(C(=O)O)cc(C(=O)OCc3ccc([Si](C#Cc4c5cc6ccccc6cc5c(C#C[Si](c5ccc(CO[Si](C)(C)C(C)(C)C)cc5)(C(C)C)C(C)C)c5cc6ccccc6cc45)(C(C)C)C(C)C)cc3)c2)cc1)C(C)C. The Morgan fingerprint density at radius 1 is 0.266 bits per heavy atom. The van der Waals surface area contributed by atoms with Crippen LogP contribution in [0.5, 0.6) is 0 Å². The van der Waals surface area contributed by atoms with Crippen LogP contribution in [0.2, 0.25) is 80.6 Å². The van der Waals surface area contributed by atoms with Gasteiger partial charge >= 0.3 is 17.9 Å². The minimum atomic E-state index is -2.81. The molecule has 0 saturated heterocycles. The maximum atomic E-state index is 14.3. The quantitative estimate of drug-likeness (QED) is 0.0261. The van der Waals surface area contributed by atoms with Gasteiger partial charge in [-0.3, -0.25) is 0 Å². The lowest BCUT2D eigenvalue weighted by Gasteiger charge is -2.36. The molecular weight excluding hydrogens is 1800 g/mol. The molecule has 0 fully saturated rings. The molecule has 139 heavy (non-hydrogen) atoms. The van der Waals surface area contributed by atoms with Crippen LogP contribution in [0, 0.1) is 45.9 Å². The Bertz CT molecular complexity index is 6860. The largest absolute Gasteiger partial charge is 0.478 e. The van der Waals surface area contributed by atoms with Crippen LogP contribution in [0.25, 0.3) is 86.2 Å². The molecule has 0 aliphatic carbocycles. The number of carboxylic acid groups (broad SMARTS) is 1. The fourth-order valence-electron chi connectivity index (χ4n) is 21.1. The van der Waals surface area contributed by atoms with Crippen molar-refractivity contribution in [2.75, 3.05) is 0 Å². The van der Waals surface area contributed by atoms with Crippen molar-refractivity contribution in [3.63, 3.8) is 0 Å². The molecule has 15 rings (SSSR count). The third-order valence-electron chi connectivity index (χ3n) is 31.5. The van der Waals surface area contributed by atoms with Crippen molar-refractivity contribution in [2.24, 2.45) is 0 Å². The number of carboxylic acids is 1. The van der Waals surface area contributed by atoms with Gasteiger partial charge in [0.2, 0.25) is 0 Å². The van der Waals surface area contributed by atoms with Gasteiger partial charge < -0.3 is 23.4 Å². The minimum Gasteiger partial charge on any atom is -0.478 e. The second kappa shape index (κ2) is 40.5. The molecule has 0 saturated carbocycles. The highest BCUT2D eigenvalue weighted by atomic mass is 28.4. The third-order valence-corrected chi connectivity index (χ3v) is 62.3. The molecule has 8 nitrogen and oxygen atoms in total. The number of esters is 2. The lowest BCUT2D eigenvalue weighted by Crippen LogP contribution is -2.52. The Hall–Kier alpha value is -11.7. The van der Waals surface area contributed by atoms with Gasteiger partial charge in [0, 0.05) is 22.3 Å². The maximum Gasteiger partial charge on any atom is 0.338 e. The average molecular weight is 1940 g/mol. The maximum absolute atomic E-state index is 14.3. The molecule has 0 unspecified atom stereocenters. The molecular formula is C125H138O8Si6. The molecule has 15 aromatic carbocycles. The first-order valence-electron chi connectivity index (χ1n) is 50.0. The summed E-state index contributed by atoms with van der Waals surface area (Å²) in [6, 6.07) is 92.3. The summed E-state index contributed by atoms with van der Waals surface area (Å²) >= 11 is 0. The van der Waals surface area contributed by atoms with Gasteiger partial charge in [0.15, 0.2) is 48.9 Å². The Morgan fingerprint density at radius 3 is 0.619 bits per heavy atom. The van der Waals surface area contributed by atoms with E-state index >= 15 is 0 Å². The Labute approximate surface area is 832 Å². The molecule has 0 aliphatic rings. The molecule has 0 heterocycles. The van der Waals surface area contributed by atoms with Crippen molar-refractivity contribution in [2.45, 2.75) is 259 Å². The number of benzene rings is 15. The zero-order chi connectivity index (χ0) is 100.0. The van der Waals surface area contributed by atoms with E-state index in [0.717, 1.165) is 130 Å². The van der Waals surface area contributed by atoms with E-state index in [1.165, 1.54) is 39.7 Å². The van der Waals surface area contributed by atoms with Gasteiger partial charge in [-0.1, -0.05) is 370 Å². The summed E-state index contributed by atoms with van der Waals surface area (Å²) in [4.78, 5) is 41.6. The average Bonchev–Trinajstić information content (AvgIpc) is 0.727. The van der Waals surface area contributed by atoms with Crippen LogP contribution in [0.15, 0.2) is 261 Å². The van der Waals surface area contributed by atoms with Gasteiger partial charge in [-0.25, -0.2) is 14.4 Å². The van der Waals surface area contributed by atoms with Crippen molar-refractivity contribution in [3.05, 3.63) is 322 Å². The molecule has 0 atom stereocenters. The fourth-order valence-corrected chi connectivity index (χ4v) is 40.8. The van der Waals surface area contributed by atoms with E-state index in [1.54, 1.807) is 0 Å². The summed E-state index contributed by atoms with van der Waals surface area (Å²) < 4.78 is 25.5.